The summed E-state index contributed by atoms with van der Waals surface area (Å²) >= 11 is 0. The normalized spacial score (nSPS) is 10.9. The first-order valence-corrected chi connectivity index (χ1v) is 10.7. The van der Waals surface area contributed by atoms with Gasteiger partial charge >= 0.3 is 5.97 Å². The van der Waals surface area contributed by atoms with E-state index in [0.29, 0.717) is 0 Å². The third-order valence-electron chi connectivity index (χ3n) is 4.70. The lowest BCUT2D eigenvalue weighted by atomic mass is 10.1. The van der Waals surface area contributed by atoms with Crippen LogP contribution in [0.25, 0.3) is 0 Å². The molecule has 1 aromatic heterocycles. The van der Waals surface area contributed by atoms with Crippen LogP contribution in [0.15, 0.2) is 48.5 Å². The number of aromatic nitrogens is 1. The largest absolute Gasteiger partial charge is 0.485 e. The van der Waals surface area contributed by atoms with Crippen molar-refractivity contribution in [2.75, 3.05) is 12.1 Å². The molecule has 1 heterocycles. The molecule has 2 aromatic carbocycles. The lowest BCUT2D eigenvalue weighted by Crippen LogP contribution is -2.38. The Labute approximate surface area is 205 Å². The third kappa shape index (κ3) is 6.22. The Bertz CT molecular complexity index is 1280. The minimum absolute atomic E-state index is 0.0483. The highest BCUT2D eigenvalue weighted by molar-refractivity contribution is 5.78. The van der Waals surface area contributed by atoms with Gasteiger partial charge < -0.3 is 14.2 Å². The van der Waals surface area contributed by atoms with Gasteiger partial charge in [0.15, 0.2) is 17.1 Å². The highest BCUT2D eigenvalue weighted by Gasteiger charge is 2.33. The first-order chi connectivity index (χ1) is 17.2. The fraction of sp³-hybridized carbons (Fsp3) is 0.240. The van der Waals surface area contributed by atoms with Gasteiger partial charge in [-0.25, -0.2) is 4.79 Å². The molecule has 0 aliphatic heterocycles. The fourth-order valence-electron chi connectivity index (χ4n) is 2.79. The number of carbonyl (C=O) groups is 1. The van der Waals surface area contributed by atoms with E-state index < -0.39 is 40.7 Å². The summed E-state index contributed by atoms with van der Waals surface area (Å²) in [6.45, 7) is 4.30. The maximum absolute atomic E-state index is 15.1. The van der Waals surface area contributed by atoms with Gasteiger partial charge in [-0.15, -0.1) is 0 Å². The average molecular weight is 501 g/mol. The van der Waals surface area contributed by atoms with E-state index in [9.17, 15) is 18.8 Å². The maximum atomic E-state index is 15.1. The molecule has 11 heteroatoms. The second-order valence-corrected chi connectivity index (χ2v) is 7.80. The summed E-state index contributed by atoms with van der Waals surface area (Å²) in [5.41, 5.74) is 0.115. The van der Waals surface area contributed by atoms with Crippen LogP contribution >= 0.6 is 0 Å². The second kappa shape index (κ2) is 11.4. The lowest BCUT2D eigenvalue weighted by Gasteiger charge is -2.23. The van der Waals surface area contributed by atoms with Crippen LogP contribution < -0.4 is 15.0 Å². The SMILES string of the molecule is CCOC(=O)C(C)(C)ONc1c(F)c(F)nc(Oc2cc(C#N)ccc2OCc2ccccc2)c1F. The molecule has 0 spiro atoms. The Morgan fingerprint density at radius 2 is 1.81 bits per heavy atom. The van der Waals surface area contributed by atoms with Crippen LogP contribution in [0.1, 0.15) is 31.9 Å². The van der Waals surface area contributed by atoms with Crippen molar-refractivity contribution in [2.24, 2.45) is 0 Å². The molecule has 1 N–H and O–H groups in total. The number of rotatable bonds is 10. The number of nitriles is 1. The number of pyridine rings is 1. The topological polar surface area (TPSA) is 103 Å². The van der Waals surface area contributed by atoms with Gasteiger partial charge in [0.2, 0.25) is 11.6 Å². The molecule has 3 aromatic rings. The van der Waals surface area contributed by atoms with E-state index >= 15 is 4.39 Å². The predicted molar refractivity (Wildman–Crippen MR) is 122 cm³/mol. The number of hydrogen-bond acceptors (Lipinski definition) is 8. The summed E-state index contributed by atoms with van der Waals surface area (Å²) < 4.78 is 59.7. The van der Waals surface area contributed by atoms with Gasteiger partial charge in [0.1, 0.15) is 12.3 Å². The smallest absolute Gasteiger partial charge is 0.340 e. The van der Waals surface area contributed by atoms with Crippen molar-refractivity contribution in [3.8, 4) is 23.4 Å². The van der Waals surface area contributed by atoms with Crippen molar-refractivity contribution in [3.05, 3.63) is 77.2 Å². The minimum Gasteiger partial charge on any atom is -0.485 e. The first kappa shape index (κ1) is 26.3. The van der Waals surface area contributed by atoms with Gasteiger partial charge in [0, 0.05) is 6.07 Å². The summed E-state index contributed by atoms with van der Waals surface area (Å²) in [6.07, 6.45) is 0. The Morgan fingerprint density at radius 1 is 1.08 bits per heavy atom. The van der Waals surface area contributed by atoms with E-state index in [2.05, 4.69) is 4.98 Å². The molecule has 0 bridgehead atoms. The fourth-order valence-corrected chi connectivity index (χ4v) is 2.79. The predicted octanol–water partition coefficient (Wildman–Crippen LogP) is 5.43. The standard InChI is InChI=1S/C25H22F3N3O5/c1-4-33-24(32)25(2,3)36-31-21-19(26)22(28)30-23(20(21)27)35-18-12-16(13-29)10-11-17(18)34-14-15-8-6-5-7-9-15/h5-12H,4,14H2,1-3H3,(H,30,31). The minimum atomic E-state index is -1.70. The number of nitrogens with one attached hydrogen (secondary N) is 1. The van der Waals surface area contributed by atoms with Crippen molar-refractivity contribution < 1.29 is 37.0 Å². The lowest BCUT2D eigenvalue weighted by molar-refractivity contribution is -0.164. The van der Waals surface area contributed by atoms with Crippen LogP contribution in [-0.2, 0) is 21.0 Å². The highest BCUT2D eigenvalue weighted by Crippen LogP contribution is 2.36. The zero-order valence-electron chi connectivity index (χ0n) is 19.6. The Kier molecular flexibility index (Phi) is 8.34. The highest BCUT2D eigenvalue weighted by atomic mass is 19.2. The van der Waals surface area contributed by atoms with Crippen LogP contribution in [0, 0.1) is 28.9 Å². The molecule has 188 valence electrons. The number of benzene rings is 2. The zero-order chi connectivity index (χ0) is 26.3. The number of nitrogens with zero attached hydrogens (tertiary/aromatic N) is 2. The van der Waals surface area contributed by atoms with E-state index in [0.717, 1.165) is 5.56 Å². The van der Waals surface area contributed by atoms with E-state index in [-0.39, 0.29) is 30.3 Å². The molecule has 3 rings (SSSR count). The number of anilines is 1. The number of esters is 1. The van der Waals surface area contributed by atoms with Gasteiger partial charge in [0.25, 0.3) is 11.8 Å². The molecule has 0 amide bonds. The van der Waals surface area contributed by atoms with E-state index in [1.165, 1.54) is 32.0 Å². The summed E-state index contributed by atoms with van der Waals surface area (Å²) in [7, 11) is 0. The zero-order valence-corrected chi connectivity index (χ0v) is 19.6. The molecule has 0 saturated heterocycles. The molecule has 0 atom stereocenters. The molecule has 0 aliphatic rings. The van der Waals surface area contributed by atoms with Crippen LogP contribution in [-0.4, -0.2) is 23.2 Å². The summed E-state index contributed by atoms with van der Waals surface area (Å²) in [4.78, 5) is 20.2. The average Bonchev–Trinajstić information content (AvgIpc) is 2.87. The Morgan fingerprint density at radius 3 is 2.47 bits per heavy atom. The molecule has 0 unspecified atom stereocenters. The second-order valence-electron chi connectivity index (χ2n) is 7.80. The summed E-state index contributed by atoms with van der Waals surface area (Å²) in [5, 5.41) is 9.23. The van der Waals surface area contributed by atoms with Crippen molar-refractivity contribution in [2.45, 2.75) is 33.0 Å². The molecule has 0 saturated carbocycles. The van der Waals surface area contributed by atoms with Crippen LogP contribution in [0.5, 0.6) is 17.4 Å². The summed E-state index contributed by atoms with van der Waals surface area (Å²) in [5.74, 6) is -6.71. The first-order valence-electron chi connectivity index (χ1n) is 10.7. The number of ether oxygens (including phenoxy) is 3. The Balaban J connectivity index is 1.90. The van der Waals surface area contributed by atoms with Crippen molar-refractivity contribution in [1.82, 2.24) is 4.98 Å². The van der Waals surface area contributed by atoms with Gasteiger partial charge in [-0.1, -0.05) is 30.3 Å². The van der Waals surface area contributed by atoms with Crippen molar-refractivity contribution in [3.63, 3.8) is 0 Å². The van der Waals surface area contributed by atoms with E-state index in [1.54, 1.807) is 6.92 Å². The van der Waals surface area contributed by atoms with E-state index in [4.69, 9.17) is 19.0 Å². The van der Waals surface area contributed by atoms with Gasteiger partial charge in [-0.3, -0.25) is 10.3 Å². The molecule has 0 radical (unpaired) electrons. The molecule has 0 aliphatic carbocycles. The molecule has 36 heavy (non-hydrogen) atoms. The quantitative estimate of drug-likeness (QED) is 0.223. The number of halogens is 3. The van der Waals surface area contributed by atoms with Gasteiger partial charge in [-0.2, -0.15) is 23.4 Å². The number of carbonyl (C=O) groups excluding carboxylic acids is 1. The van der Waals surface area contributed by atoms with Gasteiger partial charge in [0.05, 0.1) is 18.2 Å². The molecular formula is C25H22F3N3O5. The summed E-state index contributed by atoms with van der Waals surface area (Å²) in [6, 6.07) is 15.1. The van der Waals surface area contributed by atoms with E-state index in [1.807, 2.05) is 41.9 Å². The van der Waals surface area contributed by atoms with Crippen LogP contribution in [0.4, 0.5) is 18.9 Å². The maximum Gasteiger partial charge on any atom is 0.340 e. The molecule has 0 fully saturated rings. The van der Waals surface area contributed by atoms with Gasteiger partial charge in [-0.05, 0) is 38.5 Å². The van der Waals surface area contributed by atoms with Crippen LogP contribution in [0.2, 0.25) is 0 Å². The van der Waals surface area contributed by atoms with Crippen molar-refractivity contribution in [1.29, 1.82) is 5.26 Å². The monoisotopic (exact) mass is 501 g/mol. The Hall–Kier alpha value is -4.30. The van der Waals surface area contributed by atoms with Crippen LogP contribution in [0.3, 0.4) is 0 Å². The molecule has 8 nitrogen and oxygen atoms in total. The number of hydrogen-bond donors (Lipinski definition) is 1. The molecular weight excluding hydrogens is 479 g/mol. The third-order valence-corrected chi connectivity index (χ3v) is 4.70. The van der Waals surface area contributed by atoms with Crippen molar-refractivity contribution >= 4 is 11.7 Å².